The number of hydrogen-bond acceptors (Lipinski definition) is 4. The van der Waals surface area contributed by atoms with E-state index >= 15 is 0 Å². The number of ether oxygens (including phenoxy) is 1. The summed E-state index contributed by atoms with van der Waals surface area (Å²) in [6.45, 7) is 1.74. The topological polar surface area (TPSA) is 61.2 Å². The van der Waals surface area contributed by atoms with E-state index < -0.39 is 5.97 Å². The van der Waals surface area contributed by atoms with Crippen LogP contribution in [-0.2, 0) is 22.7 Å². The fourth-order valence-corrected chi connectivity index (χ4v) is 2.48. The first kappa shape index (κ1) is 16.6. The predicted octanol–water partition coefficient (Wildman–Crippen LogP) is 2.96. The Morgan fingerprint density at radius 2 is 1.68 bits per heavy atom. The van der Waals surface area contributed by atoms with Crippen molar-refractivity contribution in [1.82, 2.24) is 9.55 Å². The van der Waals surface area contributed by atoms with Crippen LogP contribution in [0, 0.1) is 6.92 Å². The fourth-order valence-electron chi connectivity index (χ4n) is 2.48. The smallest absolute Gasteiger partial charge is 0.326 e. The Morgan fingerprint density at radius 3 is 2.32 bits per heavy atom. The lowest BCUT2D eigenvalue weighted by Crippen LogP contribution is -2.28. The molecular weight excluding hydrogens is 316 g/mol. The fraction of sp³-hybridized carbons (Fsp3) is 0.150. The van der Waals surface area contributed by atoms with Gasteiger partial charge in [0, 0.05) is 11.6 Å². The standard InChI is InChI=1S/C20H18N2O3/c1-15-21-18(17-10-6-3-7-11-17)12-19(23)22(15)13-20(24)25-14-16-8-4-2-5-9-16/h2-12H,13-14H2,1H3. The molecule has 5 heteroatoms. The normalized spacial score (nSPS) is 10.4. The van der Waals surface area contributed by atoms with E-state index in [0.717, 1.165) is 11.1 Å². The molecule has 1 heterocycles. The molecule has 126 valence electrons. The van der Waals surface area contributed by atoms with Gasteiger partial charge in [0.05, 0.1) is 5.69 Å². The average Bonchev–Trinajstić information content (AvgIpc) is 2.64. The number of hydrogen-bond donors (Lipinski definition) is 0. The lowest BCUT2D eigenvalue weighted by molar-refractivity contribution is -0.145. The molecule has 0 radical (unpaired) electrons. The first-order valence-electron chi connectivity index (χ1n) is 7.97. The van der Waals surface area contributed by atoms with Crippen molar-refractivity contribution in [2.45, 2.75) is 20.1 Å². The molecule has 1 aromatic heterocycles. The van der Waals surface area contributed by atoms with Gasteiger partial charge in [-0.15, -0.1) is 0 Å². The molecule has 2 aromatic carbocycles. The molecule has 0 bridgehead atoms. The molecule has 5 nitrogen and oxygen atoms in total. The number of aromatic nitrogens is 2. The SMILES string of the molecule is Cc1nc(-c2ccccc2)cc(=O)n1CC(=O)OCc1ccccc1. The zero-order valence-electron chi connectivity index (χ0n) is 13.9. The van der Waals surface area contributed by atoms with Crippen molar-refractivity contribution in [3.05, 3.63) is 88.5 Å². The average molecular weight is 334 g/mol. The Morgan fingerprint density at radius 1 is 1.04 bits per heavy atom. The van der Waals surface area contributed by atoms with Crippen LogP contribution in [0.15, 0.2) is 71.5 Å². The summed E-state index contributed by atoms with van der Waals surface area (Å²) >= 11 is 0. The molecule has 0 fully saturated rings. The van der Waals surface area contributed by atoms with Crippen molar-refractivity contribution in [3.63, 3.8) is 0 Å². The van der Waals surface area contributed by atoms with Crippen LogP contribution in [0.5, 0.6) is 0 Å². The number of rotatable bonds is 5. The maximum absolute atomic E-state index is 12.4. The minimum absolute atomic E-state index is 0.153. The van der Waals surface area contributed by atoms with E-state index in [4.69, 9.17) is 4.74 Å². The molecular formula is C20H18N2O3. The van der Waals surface area contributed by atoms with Crippen LogP contribution in [0.25, 0.3) is 11.3 Å². The second-order valence-electron chi connectivity index (χ2n) is 5.63. The van der Waals surface area contributed by atoms with Crippen molar-refractivity contribution in [2.24, 2.45) is 0 Å². The van der Waals surface area contributed by atoms with Crippen molar-refractivity contribution >= 4 is 5.97 Å². The van der Waals surface area contributed by atoms with Crippen LogP contribution in [0.4, 0.5) is 0 Å². The zero-order chi connectivity index (χ0) is 17.6. The molecule has 0 aliphatic carbocycles. The van der Waals surface area contributed by atoms with Crippen molar-refractivity contribution in [3.8, 4) is 11.3 Å². The van der Waals surface area contributed by atoms with E-state index in [1.165, 1.54) is 10.6 Å². The summed E-state index contributed by atoms with van der Waals surface area (Å²) in [5.74, 6) is 0.00586. The van der Waals surface area contributed by atoms with Crippen molar-refractivity contribution in [2.75, 3.05) is 0 Å². The Balaban J connectivity index is 1.72. The monoisotopic (exact) mass is 334 g/mol. The number of benzene rings is 2. The maximum Gasteiger partial charge on any atom is 0.326 e. The van der Waals surface area contributed by atoms with Gasteiger partial charge in [0.25, 0.3) is 5.56 Å². The predicted molar refractivity (Wildman–Crippen MR) is 94.9 cm³/mol. The molecule has 3 rings (SSSR count). The number of carbonyl (C=O) groups is 1. The molecule has 0 atom stereocenters. The lowest BCUT2D eigenvalue weighted by atomic mass is 10.1. The first-order valence-corrected chi connectivity index (χ1v) is 7.97. The summed E-state index contributed by atoms with van der Waals surface area (Å²) < 4.78 is 6.55. The van der Waals surface area contributed by atoms with E-state index in [-0.39, 0.29) is 18.7 Å². The molecule has 0 aliphatic heterocycles. The lowest BCUT2D eigenvalue weighted by Gasteiger charge is -2.11. The van der Waals surface area contributed by atoms with E-state index in [1.807, 2.05) is 60.7 Å². The summed E-state index contributed by atoms with van der Waals surface area (Å²) in [4.78, 5) is 28.8. The van der Waals surface area contributed by atoms with Gasteiger partial charge in [-0.05, 0) is 12.5 Å². The van der Waals surface area contributed by atoms with Gasteiger partial charge in [-0.3, -0.25) is 14.2 Å². The summed E-state index contributed by atoms with van der Waals surface area (Å²) in [6.07, 6.45) is 0. The van der Waals surface area contributed by atoms with Crippen molar-refractivity contribution in [1.29, 1.82) is 0 Å². The van der Waals surface area contributed by atoms with Gasteiger partial charge >= 0.3 is 5.97 Å². The van der Waals surface area contributed by atoms with Gasteiger partial charge in [0.15, 0.2) is 0 Å². The van der Waals surface area contributed by atoms with Crippen LogP contribution in [0.1, 0.15) is 11.4 Å². The van der Waals surface area contributed by atoms with E-state index in [1.54, 1.807) is 6.92 Å². The third-order valence-corrected chi connectivity index (χ3v) is 3.80. The summed E-state index contributed by atoms with van der Waals surface area (Å²) in [6, 6.07) is 20.3. The highest BCUT2D eigenvalue weighted by Crippen LogP contribution is 2.14. The quantitative estimate of drug-likeness (QED) is 0.673. The summed E-state index contributed by atoms with van der Waals surface area (Å²) in [7, 11) is 0. The third kappa shape index (κ3) is 4.20. The second-order valence-corrected chi connectivity index (χ2v) is 5.63. The summed E-state index contributed by atoms with van der Waals surface area (Å²) in [5, 5.41) is 0. The highest BCUT2D eigenvalue weighted by atomic mass is 16.5. The zero-order valence-corrected chi connectivity index (χ0v) is 13.9. The Kier molecular flexibility index (Phi) is 5.04. The largest absolute Gasteiger partial charge is 0.459 e. The second kappa shape index (κ2) is 7.57. The Labute approximate surface area is 145 Å². The van der Waals surface area contributed by atoms with Gasteiger partial charge in [-0.1, -0.05) is 60.7 Å². The summed E-state index contributed by atoms with van der Waals surface area (Å²) in [5.41, 5.74) is 2.08. The Bertz CT molecular complexity index is 919. The maximum atomic E-state index is 12.4. The molecule has 0 spiro atoms. The number of nitrogens with zero attached hydrogens (tertiary/aromatic N) is 2. The third-order valence-electron chi connectivity index (χ3n) is 3.80. The van der Waals surface area contributed by atoms with E-state index in [2.05, 4.69) is 4.98 Å². The molecule has 3 aromatic rings. The van der Waals surface area contributed by atoms with Gasteiger partial charge in [0.1, 0.15) is 19.0 Å². The molecule has 0 saturated carbocycles. The van der Waals surface area contributed by atoms with Gasteiger partial charge in [-0.25, -0.2) is 4.98 Å². The Hall–Kier alpha value is -3.21. The van der Waals surface area contributed by atoms with Crippen LogP contribution in [0.2, 0.25) is 0 Å². The molecule has 0 saturated heterocycles. The number of aryl methyl sites for hydroxylation is 1. The highest BCUT2D eigenvalue weighted by molar-refractivity contribution is 5.69. The minimum atomic E-state index is -0.469. The molecule has 25 heavy (non-hydrogen) atoms. The number of esters is 1. The molecule has 0 unspecified atom stereocenters. The van der Waals surface area contributed by atoms with E-state index in [0.29, 0.717) is 11.5 Å². The van der Waals surface area contributed by atoms with Crippen LogP contribution in [0.3, 0.4) is 0 Å². The first-order chi connectivity index (χ1) is 12.1. The number of carbonyl (C=O) groups excluding carboxylic acids is 1. The highest BCUT2D eigenvalue weighted by Gasteiger charge is 2.11. The van der Waals surface area contributed by atoms with Crippen LogP contribution in [-0.4, -0.2) is 15.5 Å². The minimum Gasteiger partial charge on any atom is -0.459 e. The van der Waals surface area contributed by atoms with Gasteiger partial charge in [0.2, 0.25) is 0 Å². The van der Waals surface area contributed by atoms with Crippen molar-refractivity contribution < 1.29 is 9.53 Å². The molecule has 0 amide bonds. The van der Waals surface area contributed by atoms with Crippen LogP contribution < -0.4 is 5.56 Å². The molecule has 0 N–H and O–H groups in total. The van der Waals surface area contributed by atoms with Gasteiger partial charge < -0.3 is 4.74 Å². The van der Waals surface area contributed by atoms with Crippen LogP contribution >= 0.6 is 0 Å². The van der Waals surface area contributed by atoms with E-state index in [9.17, 15) is 9.59 Å². The molecule has 0 aliphatic rings. The van der Waals surface area contributed by atoms with Gasteiger partial charge in [-0.2, -0.15) is 0 Å².